The van der Waals surface area contributed by atoms with E-state index in [0.29, 0.717) is 23.3 Å². The maximum atomic E-state index is 12.7. The average Bonchev–Trinajstić information content (AvgIpc) is 3.89. The van der Waals surface area contributed by atoms with E-state index in [1.165, 1.54) is 0 Å². The molecule has 372 valence electrons. The molecule has 4 heterocycles. The van der Waals surface area contributed by atoms with Crippen molar-refractivity contribution in [3.8, 4) is 22.6 Å². The van der Waals surface area contributed by atoms with E-state index in [2.05, 4.69) is 0 Å². The van der Waals surface area contributed by atoms with Crippen molar-refractivity contribution in [3.63, 3.8) is 0 Å². The summed E-state index contributed by atoms with van der Waals surface area (Å²) in [4.78, 5) is 0. The molecule has 0 aromatic heterocycles. The molecule has 0 bridgehead atoms. The van der Waals surface area contributed by atoms with E-state index in [-0.39, 0.29) is 37.9 Å². The summed E-state index contributed by atoms with van der Waals surface area (Å²) in [5.74, 6) is -1.84. The second-order valence-corrected chi connectivity index (χ2v) is 19.3. The minimum absolute atomic E-state index is 0.0735. The van der Waals surface area contributed by atoms with Crippen LogP contribution in [0.15, 0.2) is 164 Å². The summed E-state index contributed by atoms with van der Waals surface area (Å²) in [7, 11) is 0. The fraction of sp³-hybridized carbons (Fsp3) is 0.379. The van der Waals surface area contributed by atoms with Gasteiger partial charge < -0.3 is 62.3 Å². The van der Waals surface area contributed by atoms with Crippen LogP contribution in [0.2, 0.25) is 0 Å². The Morgan fingerprint density at radius 1 is 0.521 bits per heavy atom. The van der Waals surface area contributed by atoms with E-state index in [9.17, 15) is 10.2 Å². The van der Waals surface area contributed by atoms with Gasteiger partial charge in [0.25, 0.3) is 0 Å². The highest BCUT2D eigenvalue weighted by molar-refractivity contribution is 5.74. The first-order chi connectivity index (χ1) is 34.5. The van der Waals surface area contributed by atoms with Gasteiger partial charge in [0.1, 0.15) is 60.3 Å². The molecule has 0 saturated carbocycles. The average molecular weight is 967 g/mol. The van der Waals surface area contributed by atoms with Crippen molar-refractivity contribution in [2.45, 2.75) is 133 Å². The molecule has 0 amide bonds. The molecule has 6 aromatic rings. The molecule has 0 spiro atoms. The van der Waals surface area contributed by atoms with Crippen LogP contribution in [0.1, 0.15) is 61.6 Å². The maximum Gasteiger partial charge on any atom is 0.226 e. The third kappa shape index (κ3) is 11.6. The third-order valence-electron chi connectivity index (χ3n) is 13.1. The summed E-state index contributed by atoms with van der Waals surface area (Å²) < 4.78 is 72.8. The highest BCUT2D eigenvalue weighted by atomic mass is 16.9. The zero-order valence-corrected chi connectivity index (χ0v) is 40.4. The summed E-state index contributed by atoms with van der Waals surface area (Å²) >= 11 is 0. The molecule has 6 aromatic carbocycles. The van der Waals surface area contributed by atoms with Crippen LogP contribution in [0.4, 0.5) is 0 Å². The molecule has 0 aliphatic carbocycles. The molecular weight excluding hydrogens is 905 g/mol. The normalized spacial score (nSPS) is 27.9. The number of hydrogen-bond acceptors (Lipinski definition) is 13. The van der Waals surface area contributed by atoms with Gasteiger partial charge in [-0.2, -0.15) is 0 Å². The molecule has 13 heteroatoms. The van der Waals surface area contributed by atoms with Crippen molar-refractivity contribution in [1.29, 1.82) is 0 Å². The van der Waals surface area contributed by atoms with Gasteiger partial charge >= 0.3 is 0 Å². The Morgan fingerprint density at radius 3 is 1.58 bits per heavy atom. The Hall–Kier alpha value is -5.52. The summed E-state index contributed by atoms with van der Waals surface area (Å²) in [6.45, 7) is 8.29. The minimum Gasteiger partial charge on any atom is -0.507 e. The number of aromatic hydroxyl groups is 1. The van der Waals surface area contributed by atoms with Gasteiger partial charge in [0.05, 0.1) is 33.0 Å². The number of aliphatic hydroxyl groups excluding tert-OH is 1. The van der Waals surface area contributed by atoms with Gasteiger partial charge in [-0.3, -0.25) is 0 Å². The van der Waals surface area contributed by atoms with Gasteiger partial charge in [-0.1, -0.05) is 152 Å². The van der Waals surface area contributed by atoms with Gasteiger partial charge in [0.15, 0.2) is 24.0 Å². The first-order valence-electron chi connectivity index (χ1n) is 24.3. The highest BCUT2D eigenvalue weighted by Gasteiger charge is 2.62. The minimum atomic E-state index is -1.61. The van der Waals surface area contributed by atoms with Gasteiger partial charge in [0.2, 0.25) is 6.29 Å². The van der Waals surface area contributed by atoms with E-state index in [1.54, 1.807) is 39.8 Å². The summed E-state index contributed by atoms with van der Waals surface area (Å²) in [5.41, 5.74) is 5.28. The molecular formula is C58H62O13. The van der Waals surface area contributed by atoms with Gasteiger partial charge in [-0.15, -0.1) is 0 Å². The molecule has 1 unspecified atom stereocenters. The van der Waals surface area contributed by atoms with Crippen molar-refractivity contribution in [2.75, 3.05) is 6.61 Å². The second kappa shape index (κ2) is 21.7. The Morgan fingerprint density at radius 2 is 1.00 bits per heavy atom. The summed E-state index contributed by atoms with van der Waals surface area (Å²) in [6, 6.07) is 52.5. The fourth-order valence-corrected chi connectivity index (χ4v) is 9.87. The maximum absolute atomic E-state index is 12.7. The zero-order chi connectivity index (χ0) is 49.0. The van der Waals surface area contributed by atoms with E-state index >= 15 is 0 Å². The number of rotatable bonds is 18. The van der Waals surface area contributed by atoms with Crippen LogP contribution in [-0.4, -0.2) is 89.8 Å². The van der Waals surface area contributed by atoms with E-state index < -0.39 is 79.1 Å². The Balaban J connectivity index is 1.06. The first-order valence-corrected chi connectivity index (χ1v) is 24.3. The zero-order valence-electron chi connectivity index (χ0n) is 40.4. The largest absolute Gasteiger partial charge is 0.507 e. The molecule has 13 nitrogen and oxygen atoms in total. The molecule has 4 saturated heterocycles. The lowest BCUT2D eigenvalue weighted by Gasteiger charge is -2.46. The molecule has 0 radical (unpaired) electrons. The lowest BCUT2D eigenvalue weighted by Crippen LogP contribution is -2.59. The molecule has 10 rings (SSSR count). The van der Waals surface area contributed by atoms with Crippen LogP contribution >= 0.6 is 0 Å². The number of phenolic OH excluding ortho intramolecular Hbond substituents is 1. The van der Waals surface area contributed by atoms with Crippen molar-refractivity contribution in [3.05, 3.63) is 192 Å². The Labute approximate surface area is 415 Å². The van der Waals surface area contributed by atoms with Crippen molar-refractivity contribution >= 4 is 0 Å². The van der Waals surface area contributed by atoms with E-state index in [0.717, 1.165) is 22.3 Å². The van der Waals surface area contributed by atoms with Crippen LogP contribution in [0.3, 0.4) is 0 Å². The smallest absolute Gasteiger partial charge is 0.226 e. The van der Waals surface area contributed by atoms with Crippen LogP contribution in [0.5, 0.6) is 11.5 Å². The second-order valence-electron chi connectivity index (χ2n) is 19.3. The number of benzene rings is 6. The number of aliphatic hydroxyl groups is 1. The number of ether oxygens (including phenoxy) is 11. The molecule has 11 atom stereocenters. The molecule has 2 N–H and O–H groups in total. The van der Waals surface area contributed by atoms with E-state index in [4.69, 9.17) is 52.1 Å². The fourth-order valence-electron chi connectivity index (χ4n) is 9.87. The van der Waals surface area contributed by atoms with E-state index in [1.807, 2.05) is 152 Å². The van der Waals surface area contributed by atoms with Crippen LogP contribution in [-0.2, 0) is 73.8 Å². The van der Waals surface area contributed by atoms with Crippen LogP contribution < -0.4 is 4.74 Å². The van der Waals surface area contributed by atoms with Crippen LogP contribution in [0, 0.1) is 0 Å². The standard InChI is InChI=1S/C58H62O13/c1-57(2)68-51-52(69-57)54-56(71-58(3,4)70-54)67-53(51)55(60)65-42-30-43(41-28-18-9-19-29-41)46(59)44(31-42)47-49(63-34-39-24-14-7-15-25-39)50(64-35-40-26-16-8-17-27-40)48(62-33-38-22-12-6-13-23-38)45(66-47)36-61-32-37-20-10-5-11-21-37/h5-31,45,47-56,59-60H,32-36H2,1-4H3/t45-,47+,48-,49+,50+,51-,52+,53+,54-,55?,56-/m1/s1. The quantitative estimate of drug-likeness (QED) is 0.0791. The molecule has 4 aliphatic rings. The predicted molar refractivity (Wildman–Crippen MR) is 261 cm³/mol. The summed E-state index contributed by atoms with van der Waals surface area (Å²) in [6.07, 6.45) is -9.75. The predicted octanol–water partition coefficient (Wildman–Crippen LogP) is 9.57. The number of hydrogen-bond donors (Lipinski definition) is 2. The first kappa shape index (κ1) is 49.1. The Bertz CT molecular complexity index is 2620. The lowest BCUT2D eigenvalue weighted by molar-refractivity contribution is -0.276. The molecule has 4 aliphatic heterocycles. The van der Waals surface area contributed by atoms with Gasteiger partial charge in [0, 0.05) is 11.1 Å². The highest BCUT2D eigenvalue weighted by Crippen LogP contribution is 2.48. The van der Waals surface area contributed by atoms with Gasteiger partial charge in [-0.05, 0) is 67.6 Å². The van der Waals surface area contributed by atoms with Crippen molar-refractivity contribution in [1.82, 2.24) is 0 Å². The summed E-state index contributed by atoms with van der Waals surface area (Å²) in [5, 5.41) is 24.9. The molecule has 4 fully saturated rings. The lowest BCUT2D eigenvalue weighted by atomic mass is 9.88. The SMILES string of the molecule is CC1(C)O[C@H]2[C@@H](O1)[C@@H](C(O)Oc1cc(-c3ccccc3)c(O)c([C@@H]3O[C@H](COCc4ccccc4)[C@@H](OCc4ccccc4)[C@H](OCc4ccccc4)[C@H]3OCc3ccccc3)c1)O[C@@H]1OC(C)(C)O[C@@H]12. The van der Waals surface area contributed by atoms with Crippen molar-refractivity contribution < 1.29 is 62.3 Å². The van der Waals surface area contributed by atoms with Gasteiger partial charge in [-0.25, -0.2) is 0 Å². The number of phenols is 1. The van der Waals surface area contributed by atoms with Crippen LogP contribution in [0.25, 0.3) is 11.1 Å². The monoisotopic (exact) mass is 966 g/mol. The Kier molecular flexibility index (Phi) is 15.0. The third-order valence-corrected chi connectivity index (χ3v) is 13.1. The number of fused-ring (bicyclic) bond motifs is 3. The molecule has 71 heavy (non-hydrogen) atoms. The van der Waals surface area contributed by atoms with Crippen molar-refractivity contribution in [2.24, 2.45) is 0 Å². The topological polar surface area (TPSA) is 142 Å².